The van der Waals surface area contributed by atoms with Crippen LogP contribution in [0.2, 0.25) is 0 Å². The van der Waals surface area contributed by atoms with E-state index in [1.165, 1.54) is 0 Å². The quantitative estimate of drug-likeness (QED) is 0.753. The summed E-state index contributed by atoms with van der Waals surface area (Å²) in [6.45, 7) is 2.87. The standard InChI is InChI=1S/C13H19NO2S/c1-2-17(15,16)12-11-14-10-6-9-13-7-4-3-5-8-13/h3-9,14H,2,10-12H2,1H3/b9-6+. The van der Waals surface area contributed by atoms with Crippen LogP contribution in [0.3, 0.4) is 0 Å². The second-order valence-electron chi connectivity index (χ2n) is 3.75. The highest BCUT2D eigenvalue weighted by molar-refractivity contribution is 7.91. The minimum atomic E-state index is -2.85. The highest BCUT2D eigenvalue weighted by Gasteiger charge is 2.04. The van der Waals surface area contributed by atoms with Gasteiger partial charge in [0.25, 0.3) is 0 Å². The second-order valence-corrected chi connectivity index (χ2v) is 6.23. The summed E-state index contributed by atoms with van der Waals surface area (Å²) >= 11 is 0. The Balaban J connectivity index is 2.19. The average molecular weight is 253 g/mol. The molecule has 3 nitrogen and oxygen atoms in total. The first kappa shape index (κ1) is 13.9. The molecule has 0 aliphatic rings. The molecule has 94 valence electrons. The van der Waals surface area contributed by atoms with Crippen molar-refractivity contribution >= 4 is 15.9 Å². The molecule has 0 aliphatic carbocycles. The third-order valence-corrected chi connectivity index (χ3v) is 4.11. The molecule has 0 bridgehead atoms. The fourth-order valence-corrected chi connectivity index (χ4v) is 2.06. The van der Waals surface area contributed by atoms with Gasteiger partial charge in [0.2, 0.25) is 0 Å². The highest BCUT2D eigenvalue weighted by Crippen LogP contribution is 1.99. The fourth-order valence-electron chi connectivity index (χ4n) is 1.32. The molecule has 0 saturated carbocycles. The van der Waals surface area contributed by atoms with Crippen LogP contribution in [0, 0.1) is 0 Å². The van der Waals surface area contributed by atoms with Crippen LogP contribution in [0.5, 0.6) is 0 Å². The van der Waals surface area contributed by atoms with E-state index in [9.17, 15) is 8.42 Å². The predicted molar refractivity (Wildman–Crippen MR) is 72.7 cm³/mol. The first-order chi connectivity index (χ1) is 8.14. The largest absolute Gasteiger partial charge is 0.312 e. The van der Waals surface area contributed by atoms with E-state index >= 15 is 0 Å². The van der Waals surface area contributed by atoms with Crippen LogP contribution in [0.15, 0.2) is 36.4 Å². The number of rotatable bonds is 7. The number of benzene rings is 1. The summed E-state index contributed by atoms with van der Waals surface area (Å²) in [6.07, 6.45) is 4.01. The van der Waals surface area contributed by atoms with Crippen molar-refractivity contribution in [1.29, 1.82) is 0 Å². The van der Waals surface area contributed by atoms with Crippen molar-refractivity contribution in [2.45, 2.75) is 6.92 Å². The zero-order valence-corrected chi connectivity index (χ0v) is 10.9. The molecule has 17 heavy (non-hydrogen) atoms. The topological polar surface area (TPSA) is 46.2 Å². The molecule has 0 saturated heterocycles. The molecule has 0 aromatic heterocycles. The molecule has 0 spiro atoms. The van der Waals surface area contributed by atoms with Gasteiger partial charge in [-0.1, -0.05) is 49.4 Å². The number of sulfone groups is 1. The highest BCUT2D eigenvalue weighted by atomic mass is 32.2. The molecule has 1 aromatic carbocycles. The van der Waals surface area contributed by atoms with Gasteiger partial charge in [0, 0.05) is 18.8 Å². The van der Waals surface area contributed by atoms with Gasteiger partial charge in [0.1, 0.15) is 0 Å². The summed E-state index contributed by atoms with van der Waals surface area (Å²) in [4.78, 5) is 0. The molecule has 1 aromatic rings. The van der Waals surface area contributed by atoms with Gasteiger partial charge in [-0.25, -0.2) is 8.42 Å². The van der Waals surface area contributed by atoms with Crippen molar-refractivity contribution in [2.75, 3.05) is 24.6 Å². The van der Waals surface area contributed by atoms with E-state index in [4.69, 9.17) is 0 Å². The van der Waals surface area contributed by atoms with Gasteiger partial charge in [0.15, 0.2) is 9.84 Å². The first-order valence-corrected chi connectivity index (χ1v) is 7.59. The van der Waals surface area contributed by atoms with Crippen LogP contribution >= 0.6 is 0 Å². The van der Waals surface area contributed by atoms with E-state index in [1.54, 1.807) is 6.92 Å². The Kier molecular flexibility index (Phi) is 5.94. The summed E-state index contributed by atoms with van der Waals surface area (Å²) < 4.78 is 22.4. The fraction of sp³-hybridized carbons (Fsp3) is 0.385. The maximum absolute atomic E-state index is 11.2. The molecule has 0 aliphatic heterocycles. The summed E-state index contributed by atoms with van der Waals surface area (Å²) in [5.41, 5.74) is 1.15. The lowest BCUT2D eigenvalue weighted by Gasteiger charge is -2.01. The van der Waals surface area contributed by atoms with Gasteiger partial charge >= 0.3 is 0 Å². The third-order valence-electron chi connectivity index (χ3n) is 2.40. The SMILES string of the molecule is CCS(=O)(=O)CCNC/C=C/c1ccccc1. The van der Waals surface area contributed by atoms with Gasteiger partial charge in [-0.2, -0.15) is 0 Å². The van der Waals surface area contributed by atoms with E-state index in [0.717, 1.165) is 5.56 Å². The first-order valence-electron chi connectivity index (χ1n) is 5.77. The molecule has 0 atom stereocenters. The molecule has 0 unspecified atom stereocenters. The molecule has 0 fully saturated rings. The Hall–Kier alpha value is -1.13. The number of nitrogens with one attached hydrogen (secondary N) is 1. The lowest BCUT2D eigenvalue weighted by atomic mass is 10.2. The zero-order valence-electron chi connectivity index (χ0n) is 10.1. The zero-order chi connectivity index (χ0) is 12.6. The van der Waals surface area contributed by atoms with Crippen LogP contribution in [0.4, 0.5) is 0 Å². The van der Waals surface area contributed by atoms with Crippen molar-refractivity contribution in [3.8, 4) is 0 Å². The lowest BCUT2D eigenvalue weighted by molar-refractivity contribution is 0.594. The van der Waals surface area contributed by atoms with E-state index in [0.29, 0.717) is 13.1 Å². The molecule has 0 amide bonds. The van der Waals surface area contributed by atoms with Gasteiger partial charge in [-0.3, -0.25) is 0 Å². The van der Waals surface area contributed by atoms with Crippen molar-refractivity contribution in [2.24, 2.45) is 0 Å². The van der Waals surface area contributed by atoms with Crippen molar-refractivity contribution in [3.63, 3.8) is 0 Å². The molecular weight excluding hydrogens is 234 g/mol. The molecule has 1 rings (SSSR count). The van der Waals surface area contributed by atoms with Crippen LogP contribution in [0.1, 0.15) is 12.5 Å². The maximum Gasteiger partial charge on any atom is 0.151 e. The Bertz CT molecular complexity index is 438. The molecular formula is C13H19NO2S. The summed E-state index contributed by atoms with van der Waals surface area (Å²) in [6, 6.07) is 10.0. The summed E-state index contributed by atoms with van der Waals surface area (Å²) in [5.74, 6) is 0.428. The second kappa shape index (κ2) is 7.25. The minimum Gasteiger partial charge on any atom is -0.312 e. The van der Waals surface area contributed by atoms with E-state index in [1.807, 2.05) is 42.5 Å². The molecule has 0 heterocycles. The van der Waals surface area contributed by atoms with Crippen LogP contribution in [-0.4, -0.2) is 33.0 Å². The lowest BCUT2D eigenvalue weighted by Crippen LogP contribution is -2.23. The van der Waals surface area contributed by atoms with Gasteiger partial charge in [-0.05, 0) is 5.56 Å². The van der Waals surface area contributed by atoms with Gasteiger partial charge < -0.3 is 5.32 Å². The Morgan fingerprint density at radius 3 is 2.59 bits per heavy atom. The van der Waals surface area contributed by atoms with Crippen molar-refractivity contribution in [3.05, 3.63) is 42.0 Å². The Labute approximate surface area is 103 Å². The van der Waals surface area contributed by atoms with E-state index in [2.05, 4.69) is 5.32 Å². The summed E-state index contributed by atoms with van der Waals surface area (Å²) in [5, 5.41) is 3.08. The van der Waals surface area contributed by atoms with Crippen LogP contribution in [-0.2, 0) is 9.84 Å². The van der Waals surface area contributed by atoms with E-state index < -0.39 is 9.84 Å². The third kappa shape index (κ3) is 6.24. The maximum atomic E-state index is 11.2. The smallest absolute Gasteiger partial charge is 0.151 e. The molecule has 4 heteroatoms. The Morgan fingerprint density at radius 2 is 1.94 bits per heavy atom. The van der Waals surface area contributed by atoms with Crippen molar-refractivity contribution in [1.82, 2.24) is 5.32 Å². The van der Waals surface area contributed by atoms with Crippen LogP contribution < -0.4 is 5.32 Å². The summed E-state index contributed by atoms with van der Waals surface area (Å²) in [7, 11) is -2.85. The van der Waals surface area contributed by atoms with Crippen LogP contribution in [0.25, 0.3) is 6.08 Å². The normalized spacial score (nSPS) is 12.1. The Morgan fingerprint density at radius 1 is 1.24 bits per heavy atom. The number of hydrogen-bond donors (Lipinski definition) is 1. The monoisotopic (exact) mass is 253 g/mol. The van der Waals surface area contributed by atoms with Crippen molar-refractivity contribution < 1.29 is 8.42 Å². The minimum absolute atomic E-state index is 0.211. The van der Waals surface area contributed by atoms with Gasteiger partial charge in [-0.15, -0.1) is 0 Å². The molecule has 1 N–H and O–H groups in total. The van der Waals surface area contributed by atoms with E-state index in [-0.39, 0.29) is 11.5 Å². The predicted octanol–water partition coefficient (Wildman–Crippen LogP) is 1.72. The van der Waals surface area contributed by atoms with Gasteiger partial charge in [0.05, 0.1) is 5.75 Å². The number of hydrogen-bond acceptors (Lipinski definition) is 3. The molecule has 0 radical (unpaired) electrons. The average Bonchev–Trinajstić information content (AvgIpc) is 2.35.